The molecular formula is C17H17N3O3S. The van der Waals surface area contributed by atoms with E-state index in [9.17, 15) is 4.79 Å². The number of nitrogens with zero attached hydrogens (tertiary/aromatic N) is 2. The molecule has 0 unspecified atom stereocenters. The van der Waals surface area contributed by atoms with Gasteiger partial charge >= 0.3 is 0 Å². The van der Waals surface area contributed by atoms with Crippen molar-refractivity contribution < 1.29 is 13.6 Å². The van der Waals surface area contributed by atoms with Crippen molar-refractivity contribution in [3.8, 4) is 10.8 Å². The predicted molar refractivity (Wildman–Crippen MR) is 92.8 cm³/mol. The molecule has 1 N–H and O–H groups in total. The lowest BCUT2D eigenvalue weighted by Gasteiger charge is -1.99. The molecule has 0 spiro atoms. The summed E-state index contributed by atoms with van der Waals surface area (Å²) in [6.07, 6.45) is 4.60. The quantitative estimate of drug-likeness (QED) is 0.691. The van der Waals surface area contributed by atoms with Crippen LogP contribution in [0.1, 0.15) is 36.3 Å². The van der Waals surface area contributed by atoms with Crippen LogP contribution < -0.4 is 5.32 Å². The standard InChI is InChI=1S/C17H17N3O3S/c1-10(2)16-19-20-17(23-16)14-9-13(11(3)24-14)18-15(21)7-6-12-5-4-8-22-12/h4-10H,1-3H3,(H,18,21). The fourth-order valence-corrected chi connectivity index (χ4v) is 2.89. The van der Waals surface area contributed by atoms with E-state index in [-0.39, 0.29) is 11.8 Å². The van der Waals surface area contributed by atoms with Crippen molar-refractivity contribution in [2.24, 2.45) is 0 Å². The van der Waals surface area contributed by atoms with E-state index < -0.39 is 0 Å². The molecule has 0 bridgehead atoms. The Kier molecular flexibility index (Phi) is 4.61. The van der Waals surface area contributed by atoms with E-state index in [0.717, 1.165) is 15.4 Å². The molecule has 3 aromatic rings. The highest BCUT2D eigenvalue weighted by Crippen LogP contribution is 2.34. The summed E-state index contributed by atoms with van der Waals surface area (Å²) in [5, 5.41) is 10.9. The highest BCUT2D eigenvalue weighted by atomic mass is 32.1. The summed E-state index contributed by atoms with van der Waals surface area (Å²) in [7, 11) is 0. The van der Waals surface area contributed by atoms with Gasteiger partial charge in [0.1, 0.15) is 5.76 Å². The van der Waals surface area contributed by atoms with Crippen molar-refractivity contribution in [3.63, 3.8) is 0 Å². The van der Waals surface area contributed by atoms with Gasteiger partial charge in [0.2, 0.25) is 11.8 Å². The highest BCUT2D eigenvalue weighted by molar-refractivity contribution is 7.15. The number of hydrogen-bond donors (Lipinski definition) is 1. The molecule has 3 rings (SSSR count). The van der Waals surface area contributed by atoms with Gasteiger partial charge in [0, 0.05) is 16.9 Å². The summed E-state index contributed by atoms with van der Waals surface area (Å²) >= 11 is 1.50. The zero-order chi connectivity index (χ0) is 17.1. The number of amides is 1. The maximum atomic E-state index is 12.0. The van der Waals surface area contributed by atoms with Gasteiger partial charge in [-0.05, 0) is 31.2 Å². The molecule has 6 nitrogen and oxygen atoms in total. The molecule has 0 atom stereocenters. The first-order valence-electron chi connectivity index (χ1n) is 7.49. The molecule has 3 aromatic heterocycles. The van der Waals surface area contributed by atoms with Gasteiger partial charge in [-0.25, -0.2) is 0 Å². The van der Waals surface area contributed by atoms with Crippen molar-refractivity contribution in [1.82, 2.24) is 10.2 Å². The second-order valence-electron chi connectivity index (χ2n) is 5.52. The summed E-state index contributed by atoms with van der Waals surface area (Å²) in [5.41, 5.74) is 0.730. The Balaban J connectivity index is 1.72. The number of anilines is 1. The summed E-state index contributed by atoms with van der Waals surface area (Å²) in [4.78, 5) is 13.8. The van der Waals surface area contributed by atoms with Crippen molar-refractivity contribution in [2.75, 3.05) is 5.32 Å². The second kappa shape index (κ2) is 6.84. The third-order valence-electron chi connectivity index (χ3n) is 3.26. The molecule has 0 radical (unpaired) electrons. The number of nitrogens with one attached hydrogen (secondary N) is 1. The fraction of sp³-hybridized carbons (Fsp3) is 0.235. The number of thiophene rings is 1. The molecule has 0 saturated carbocycles. The van der Waals surface area contributed by atoms with Gasteiger partial charge in [0.15, 0.2) is 0 Å². The fourth-order valence-electron chi connectivity index (χ4n) is 2.00. The van der Waals surface area contributed by atoms with E-state index in [1.165, 1.54) is 17.4 Å². The zero-order valence-electron chi connectivity index (χ0n) is 13.6. The van der Waals surface area contributed by atoms with Crippen molar-refractivity contribution in [1.29, 1.82) is 0 Å². The first-order chi connectivity index (χ1) is 11.5. The van der Waals surface area contributed by atoms with Crippen LogP contribution in [0.3, 0.4) is 0 Å². The molecule has 7 heteroatoms. The smallest absolute Gasteiger partial charge is 0.257 e. The zero-order valence-corrected chi connectivity index (χ0v) is 14.4. The van der Waals surface area contributed by atoms with Gasteiger partial charge in [-0.3, -0.25) is 4.79 Å². The summed E-state index contributed by atoms with van der Waals surface area (Å²) in [5.74, 6) is 1.65. The lowest BCUT2D eigenvalue weighted by Crippen LogP contribution is -2.07. The molecule has 0 aliphatic rings. The van der Waals surface area contributed by atoms with E-state index in [1.807, 2.05) is 26.8 Å². The first-order valence-corrected chi connectivity index (χ1v) is 8.31. The molecule has 1 amide bonds. The first kappa shape index (κ1) is 16.2. The lowest BCUT2D eigenvalue weighted by molar-refractivity contribution is -0.111. The molecule has 0 aliphatic carbocycles. The van der Waals surface area contributed by atoms with E-state index >= 15 is 0 Å². The van der Waals surface area contributed by atoms with Gasteiger partial charge in [-0.1, -0.05) is 13.8 Å². The van der Waals surface area contributed by atoms with E-state index in [0.29, 0.717) is 17.5 Å². The van der Waals surface area contributed by atoms with Crippen LogP contribution in [0, 0.1) is 6.92 Å². The van der Waals surface area contributed by atoms with Gasteiger partial charge in [0.05, 0.1) is 16.8 Å². The molecule has 24 heavy (non-hydrogen) atoms. The average molecular weight is 343 g/mol. The van der Waals surface area contributed by atoms with Crippen LogP contribution >= 0.6 is 11.3 Å². The molecule has 3 heterocycles. The molecule has 0 aliphatic heterocycles. The van der Waals surface area contributed by atoms with E-state index in [4.69, 9.17) is 8.83 Å². The van der Waals surface area contributed by atoms with Crippen molar-refractivity contribution in [3.05, 3.63) is 47.1 Å². The van der Waals surface area contributed by atoms with Gasteiger partial charge in [0.25, 0.3) is 5.89 Å². The Hall–Kier alpha value is -2.67. The maximum absolute atomic E-state index is 12.0. The van der Waals surface area contributed by atoms with E-state index in [2.05, 4.69) is 15.5 Å². The van der Waals surface area contributed by atoms with Crippen LogP contribution in [-0.2, 0) is 4.79 Å². The van der Waals surface area contributed by atoms with Crippen LogP contribution in [0.15, 0.2) is 39.4 Å². The second-order valence-corrected chi connectivity index (χ2v) is 6.77. The van der Waals surface area contributed by atoms with Crippen LogP contribution in [0.5, 0.6) is 0 Å². The van der Waals surface area contributed by atoms with Gasteiger partial charge < -0.3 is 14.2 Å². The third kappa shape index (κ3) is 3.62. The minimum Gasteiger partial charge on any atom is -0.465 e. The number of rotatable bonds is 5. The van der Waals surface area contributed by atoms with Crippen molar-refractivity contribution in [2.45, 2.75) is 26.7 Å². The Bertz CT molecular complexity index is 860. The third-order valence-corrected chi connectivity index (χ3v) is 4.30. The largest absolute Gasteiger partial charge is 0.465 e. The molecule has 0 fully saturated rings. The molecular weight excluding hydrogens is 326 g/mol. The minimum absolute atomic E-state index is 0.179. The monoisotopic (exact) mass is 343 g/mol. The number of aromatic nitrogens is 2. The lowest BCUT2D eigenvalue weighted by atomic mass is 10.2. The molecule has 124 valence electrons. The SMILES string of the molecule is Cc1sc(-c2nnc(C(C)C)o2)cc1NC(=O)C=Cc1ccco1. The van der Waals surface area contributed by atoms with Crippen LogP contribution in [-0.4, -0.2) is 16.1 Å². The van der Waals surface area contributed by atoms with Crippen molar-refractivity contribution >= 4 is 29.0 Å². The number of carbonyl (C=O) groups excluding carboxylic acids is 1. The summed E-state index contributed by atoms with van der Waals surface area (Å²) in [6, 6.07) is 5.39. The van der Waals surface area contributed by atoms with Crippen LogP contribution in [0.4, 0.5) is 5.69 Å². The maximum Gasteiger partial charge on any atom is 0.257 e. The van der Waals surface area contributed by atoms with E-state index in [1.54, 1.807) is 24.5 Å². The number of hydrogen-bond acceptors (Lipinski definition) is 6. The Labute approximate surface area is 143 Å². The van der Waals surface area contributed by atoms with Gasteiger partial charge in [-0.2, -0.15) is 0 Å². The van der Waals surface area contributed by atoms with Crippen LogP contribution in [0.25, 0.3) is 16.8 Å². The highest BCUT2D eigenvalue weighted by Gasteiger charge is 2.15. The van der Waals surface area contributed by atoms with Gasteiger partial charge in [-0.15, -0.1) is 21.5 Å². The Morgan fingerprint density at radius 2 is 2.21 bits per heavy atom. The Morgan fingerprint density at radius 3 is 2.88 bits per heavy atom. The normalized spacial score (nSPS) is 11.5. The topological polar surface area (TPSA) is 81.2 Å². The predicted octanol–water partition coefficient (Wildman–Crippen LogP) is 4.47. The number of aryl methyl sites for hydroxylation is 1. The number of furan rings is 1. The minimum atomic E-state index is -0.229. The summed E-state index contributed by atoms with van der Waals surface area (Å²) < 4.78 is 10.8. The molecule has 0 aromatic carbocycles. The number of carbonyl (C=O) groups is 1. The Morgan fingerprint density at radius 1 is 1.38 bits per heavy atom. The average Bonchev–Trinajstić information content (AvgIpc) is 3.26. The van der Waals surface area contributed by atoms with Crippen LogP contribution in [0.2, 0.25) is 0 Å². The molecule has 0 saturated heterocycles. The summed E-state index contributed by atoms with van der Waals surface area (Å²) in [6.45, 7) is 5.92.